The Morgan fingerprint density at radius 2 is 1.91 bits per heavy atom. The molecule has 0 spiro atoms. The topological polar surface area (TPSA) is 76.9 Å². The number of carbonyl (C=O) groups excluding carboxylic acids is 1. The standard InChI is InChI=1S/C25H20ClFN4O2/c1-13-18(9-14(11-21(13)27)24(32)29-16-7-8-16)19-10-15-12-28-30-22(23(15)31(2)25(19)33)17-5-3-4-6-20(17)26/h3-6,9-12,16H,7-8H2,1-2H3,(H,29,32). The van der Waals surface area contributed by atoms with Crippen molar-refractivity contribution in [2.45, 2.75) is 25.8 Å². The number of hydrogen-bond acceptors (Lipinski definition) is 4. The lowest BCUT2D eigenvalue weighted by Gasteiger charge is -2.15. The van der Waals surface area contributed by atoms with E-state index in [9.17, 15) is 14.0 Å². The minimum absolute atomic E-state index is 0.139. The van der Waals surface area contributed by atoms with Gasteiger partial charge in [-0.3, -0.25) is 9.59 Å². The van der Waals surface area contributed by atoms with Gasteiger partial charge in [-0.25, -0.2) is 4.39 Å². The molecule has 2 heterocycles. The molecule has 1 saturated carbocycles. The second kappa shape index (κ2) is 8.08. The average Bonchev–Trinajstić information content (AvgIpc) is 3.62. The van der Waals surface area contributed by atoms with Crippen LogP contribution in [0.15, 0.2) is 53.5 Å². The molecular weight excluding hydrogens is 443 g/mol. The highest BCUT2D eigenvalue weighted by Gasteiger charge is 2.25. The molecule has 1 amide bonds. The van der Waals surface area contributed by atoms with Crippen LogP contribution in [-0.4, -0.2) is 26.7 Å². The Labute approximate surface area is 194 Å². The molecule has 1 aliphatic rings. The number of nitrogens with one attached hydrogen (secondary N) is 1. The number of pyridine rings is 1. The largest absolute Gasteiger partial charge is 0.349 e. The van der Waals surface area contributed by atoms with E-state index in [1.165, 1.54) is 10.6 Å². The molecule has 5 rings (SSSR count). The highest BCUT2D eigenvalue weighted by Crippen LogP contribution is 2.33. The summed E-state index contributed by atoms with van der Waals surface area (Å²) < 4.78 is 16.3. The molecule has 166 valence electrons. The highest BCUT2D eigenvalue weighted by atomic mass is 35.5. The number of nitrogens with zero attached hydrogens (tertiary/aromatic N) is 3. The monoisotopic (exact) mass is 462 g/mol. The first kappa shape index (κ1) is 21.3. The van der Waals surface area contributed by atoms with Crippen molar-refractivity contribution in [2.75, 3.05) is 0 Å². The lowest BCUT2D eigenvalue weighted by Crippen LogP contribution is -2.26. The summed E-state index contributed by atoms with van der Waals surface area (Å²) in [5, 5.41) is 12.3. The van der Waals surface area contributed by atoms with Gasteiger partial charge in [-0.1, -0.05) is 29.8 Å². The zero-order valence-corrected chi connectivity index (χ0v) is 18.8. The second-order valence-electron chi connectivity index (χ2n) is 8.28. The van der Waals surface area contributed by atoms with E-state index in [0.717, 1.165) is 12.8 Å². The molecule has 4 aromatic rings. The molecule has 0 saturated heterocycles. The fourth-order valence-corrected chi connectivity index (χ4v) is 4.19. The van der Waals surface area contributed by atoms with Gasteiger partial charge in [0.05, 0.1) is 16.7 Å². The third-order valence-corrected chi connectivity index (χ3v) is 6.29. The Balaban J connectivity index is 1.72. The molecule has 0 aliphatic heterocycles. The first-order valence-electron chi connectivity index (χ1n) is 10.6. The van der Waals surface area contributed by atoms with Crippen LogP contribution >= 0.6 is 11.6 Å². The first-order valence-corrected chi connectivity index (χ1v) is 10.9. The van der Waals surface area contributed by atoms with E-state index in [1.807, 2.05) is 18.2 Å². The van der Waals surface area contributed by atoms with Crippen LogP contribution in [0.25, 0.3) is 33.3 Å². The molecule has 1 aliphatic carbocycles. The average molecular weight is 463 g/mol. The number of halogens is 2. The van der Waals surface area contributed by atoms with Crippen molar-refractivity contribution in [3.8, 4) is 22.4 Å². The summed E-state index contributed by atoms with van der Waals surface area (Å²) in [6.07, 6.45) is 3.40. The summed E-state index contributed by atoms with van der Waals surface area (Å²) in [6.45, 7) is 1.59. The van der Waals surface area contributed by atoms with Gasteiger partial charge in [0.15, 0.2) is 0 Å². The number of hydrogen-bond donors (Lipinski definition) is 1. The highest BCUT2D eigenvalue weighted by molar-refractivity contribution is 6.33. The van der Waals surface area contributed by atoms with Gasteiger partial charge in [0, 0.05) is 35.2 Å². The summed E-state index contributed by atoms with van der Waals surface area (Å²) in [6, 6.07) is 11.8. The number of carbonyl (C=O) groups is 1. The van der Waals surface area contributed by atoms with Crippen LogP contribution in [0.3, 0.4) is 0 Å². The predicted molar refractivity (Wildman–Crippen MR) is 126 cm³/mol. The maximum atomic E-state index is 14.8. The summed E-state index contributed by atoms with van der Waals surface area (Å²) in [5.41, 5.74) is 2.48. The molecule has 0 atom stereocenters. The number of fused-ring (bicyclic) bond motifs is 1. The molecule has 0 bridgehead atoms. The van der Waals surface area contributed by atoms with Crippen molar-refractivity contribution < 1.29 is 9.18 Å². The Morgan fingerprint density at radius 1 is 1.15 bits per heavy atom. The third-order valence-electron chi connectivity index (χ3n) is 5.96. The number of aromatic nitrogens is 3. The lowest BCUT2D eigenvalue weighted by molar-refractivity contribution is 0.0950. The second-order valence-corrected chi connectivity index (χ2v) is 8.68. The summed E-state index contributed by atoms with van der Waals surface area (Å²) in [5.74, 6) is -0.887. The van der Waals surface area contributed by atoms with Crippen molar-refractivity contribution >= 4 is 28.4 Å². The van der Waals surface area contributed by atoms with Gasteiger partial charge in [0.25, 0.3) is 11.5 Å². The number of amides is 1. The predicted octanol–water partition coefficient (Wildman–Crippen LogP) is 4.66. The Bertz CT molecular complexity index is 1490. The molecule has 33 heavy (non-hydrogen) atoms. The molecule has 2 aromatic carbocycles. The molecule has 1 fully saturated rings. The van der Waals surface area contributed by atoms with Crippen LogP contribution in [0.4, 0.5) is 4.39 Å². The SMILES string of the molecule is Cc1c(F)cc(C(=O)NC2CC2)cc1-c1cc2cnnc(-c3ccccc3Cl)c2n(C)c1=O. The van der Waals surface area contributed by atoms with E-state index >= 15 is 0 Å². The van der Waals surface area contributed by atoms with E-state index in [2.05, 4.69) is 15.5 Å². The molecule has 1 N–H and O–H groups in total. The van der Waals surface area contributed by atoms with Crippen LogP contribution in [0.5, 0.6) is 0 Å². The van der Waals surface area contributed by atoms with Crippen molar-refractivity contribution in [3.05, 3.63) is 81.0 Å². The Hall–Kier alpha value is -3.58. The molecule has 0 unspecified atom stereocenters. The normalized spacial score (nSPS) is 13.3. The summed E-state index contributed by atoms with van der Waals surface area (Å²) >= 11 is 6.37. The fraction of sp³-hybridized carbons (Fsp3) is 0.200. The maximum absolute atomic E-state index is 14.8. The van der Waals surface area contributed by atoms with Crippen molar-refractivity contribution in [2.24, 2.45) is 7.05 Å². The molecule has 8 heteroatoms. The summed E-state index contributed by atoms with van der Waals surface area (Å²) in [4.78, 5) is 26.0. The van der Waals surface area contributed by atoms with Crippen LogP contribution in [-0.2, 0) is 7.05 Å². The van der Waals surface area contributed by atoms with Gasteiger partial charge < -0.3 is 9.88 Å². The van der Waals surface area contributed by atoms with E-state index in [0.29, 0.717) is 38.3 Å². The van der Waals surface area contributed by atoms with Crippen LogP contribution in [0.2, 0.25) is 5.02 Å². The van der Waals surface area contributed by atoms with E-state index in [4.69, 9.17) is 11.6 Å². The summed E-state index contributed by atoms with van der Waals surface area (Å²) in [7, 11) is 1.63. The molecule has 0 radical (unpaired) electrons. The third kappa shape index (κ3) is 3.78. The zero-order valence-electron chi connectivity index (χ0n) is 18.0. The zero-order chi connectivity index (χ0) is 23.3. The fourth-order valence-electron chi connectivity index (χ4n) is 3.97. The van der Waals surface area contributed by atoms with E-state index in [-0.39, 0.29) is 28.6 Å². The van der Waals surface area contributed by atoms with E-state index in [1.54, 1.807) is 38.4 Å². The quantitative estimate of drug-likeness (QED) is 0.478. The van der Waals surface area contributed by atoms with Gasteiger partial charge in [0.1, 0.15) is 11.5 Å². The van der Waals surface area contributed by atoms with Crippen LogP contribution in [0.1, 0.15) is 28.8 Å². The molecule has 6 nitrogen and oxygen atoms in total. The maximum Gasteiger partial charge on any atom is 0.258 e. The van der Waals surface area contributed by atoms with Crippen LogP contribution < -0.4 is 10.9 Å². The Morgan fingerprint density at radius 3 is 2.64 bits per heavy atom. The minimum atomic E-state index is -0.541. The lowest BCUT2D eigenvalue weighted by atomic mass is 9.96. The number of rotatable bonds is 4. The van der Waals surface area contributed by atoms with Gasteiger partial charge in [-0.15, -0.1) is 5.10 Å². The van der Waals surface area contributed by atoms with E-state index < -0.39 is 5.82 Å². The van der Waals surface area contributed by atoms with Gasteiger partial charge in [-0.05, 0) is 55.2 Å². The number of benzene rings is 2. The van der Waals surface area contributed by atoms with Gasteiger partial charge in [-0.2, -0.15) is 5.10 Å². The van der Waals surface area contributed by atoms with Gasteiger partial charge in [0.2, 0.25) is 0 Å². The minimum Gasteiger partial charge on any atom is -0.349 e. The van der Waals surface area contributed by atoms with Crippen molar-refractivity contribution in [1.29, 1.82) is 0 Å². The molecular formula is C25H20ClFN4O2. The van der Waals surface area contributed by atoms with Crippen molar-refractivity contribution in [3.63, 3.8) is 0 Å². The first-order chi connectivity index (χ1) is 15.8. The Kier molecular flexibility index (Phi) is 5.21. The van der Waals surface area contributed by atoms with Gasteiger partial charge >= 0.3 is 0 Å². The van der Waals surface area contributed by atoms with Crippen LogP contribution in [0, 0.1) is 12.7 Å². The smallest absolute Gasteiger partial charge is 0.258 e. The van der Waals surface area contributed by atoms with Crippen molar-refractivity contribution in [1.82, 2.24) is 20.1 Å². The number of aryl methyl sites for hydroxylation is 1. The molecule has 2 aromatic heterocycles.